The van der Waals surface area contributed by atoms with Crippen molar-refractivity contribution in [2.24, 2.45) is 46.2 Å². The number of hydrazine groups is 2. The van der Waals surface area contributed by atoms with E-state index in [-0.39, 0.29) is 66.6 Å². The van der Waals surface area contributed by atoms with E-state index in [2.05, 4.69) is 21.6 Å². The standard InChI is InChI=1S/C51H83N9O10/c1-15-31(6)41(36(69-13)28-38(62)59-26-19-23-35(59)42(70-14)32(7)45(64)53-34(44(52)63)27-33-21-17-16-18-22-33)58(12)47(66)39(29(2)3)54-46(65)40(30(4)5)57(11)25-20-24-37(61)55-56-60-48(67)43-50(8,9)51(43,10)49(60)68/h16-18,21-22,29-32,34-36,39-43,56H,15,19-20,23-28H2,1-14H3,(H2,52,63)(H,53,64)(H,54,65)(H,55,61)/t31-,32+,34-,35-,36+,39-,40-,41-,42+,43?,51?/m0/s1. The Balaban J connectivity index is 1.38. The molecule has 1 aromatic rings. The van der Waals surface area contributed by atoms with Crippen LogP contribution in [0.4, 0.5) is 0 Å². The van der Waals surface area contributed by atoms with E-state index in [9.17, 15) is 38.4 Å². The van der Waals surface area contributed by atoms with Gasteiger partial charge in [0.05, 0.1) is 54.0 Å². The molecule has 3 aliphatic rings. The van der Waals surface area contributed by atoms with Crippen LogP contribution in [-0.2, 0) is 54.3 Å². The molecule has 2 unspecified atom stereocenters. The Morgan fingerprint density at radius 2 is 1.54 bits per heavy atom. The van der Waals surface area contributed by atoms with Crippen molar-refractivity contribution in [3.8, 4) is 0 Å². The summed E-state index contributed by atoms with van der Waals surface area (Å²) in [5.41, 5.74) is 10.3. The molecule has 1 aromatic carbocycles. The van der Waals surface area contributed by atoms with Crippen molar-refractivity contribution in [1.82, 2.24) is 41.3 Å². The number of rotatable bonds is 27. The Hall–Kier alpha value is -4.98. The summed E-state index contributed by atoms with van der Waals surface area (Å²) in [6.07, 6.45) is 1.12. The van der Waals surface area contributed by atoms with E-state index < -0.39 is 82.8 Å². The van der Waals surface area contributed by atoms with Crippen LogP contribution in [0.25, 0.3) is 0 Å². The van der Waals surface area contributed by atoms with E-state index in [1.807, 2.05) is 90.6 Å². The first-order valence-corrected chi connectivity index (χ1v) is 25.0. The quantitative estimate of drug-likeness (QED) is 0.0632. The number of likely N-dealkylation sites (N-methyl/N-ethyl adjacent to an activating group) is 2. The average Bonchev–Trinajstić information content (AvgIpc) is 3.57. The van der Waals surface area contributed by atoms with Gasteiger partial charge in [-0.2, -0.15) is 5.01 Å². The monoisotopic (exact) mass is 982 g/mol. The average molecular weight is 982 g/mol. The Labute approximate surface area is 415 Å². The summed E-state index contributed by atoms with van der Waals surface area (Å²) in [6, 6.07) is 5.75. The van der Waals surface area contributed by atoms with E-state index in [0.717, 1.165) is 10.6 Å². The third-order valence-corrected chi connectivity index (χ3v) is 15.7. The number of hydrogen-bond donors (Lipinski definition) is 5. The molecule has 2 saturated heterocycles. The van der Waals surface area contributed by atoms with Gasteiger partial charge in [0.25, 0.3) is 5.91 Å². The molecule has 0 aromatic heterocycles. The zero-order valence-corrected chi connectivity index (χ0v) is 44.1. The number of fused-ring (bicyclic) bond motifs is 1. The van der Waals surface area contributed by atoms with Gasteiger partial charge in [-0.1, -0.05) is 99.1 Å². The van der Waals surface area contributed by atoms with E-state index in [1.165, 1.54) is 14.2 Å². The van der Waals surface area contributed by atoms with Crippen molar-refractivity contribution in [1.29, 1.82) is 0 Å². The van der Waals surface area contributed by atoms with Gasteiger partial charge in [-0.05, 0) is 68.5 Å². The molecule has 0 spiro atoms. The minimum absolute atomic E-state index is 0.0558. The van der Waals surface area contributed by atoms with Crippen molar-refractivity contribution in [3.63, 3.8) is 0 Å². The fourth-order valence-corrected chi connectivity index (χ4v) is 11.0. The second-order valence-corrected chi connectivity index (χ2v) is 21.2. The van der Waals surface area contributed by atoms with Crippen LogP contribution in [0, 0.1) is 40.4 Å². The van der Waals surface area contributed by atoms with Gasteiger partial charge < -0.3 is 35.6 Å². The number of imide groups is 1. The van der Waals surface area contributed by atoms with Crippen molar-refractivity contribution >= 4 is 47.3 Å². The van der Waals surface area contributed by atoms with Crippen molar-refractivity contribution in [2.75, 3.05) is 41.4 Å². The summed E-state index contributed by atoms with van der Waals surface area (Å²) in [5.74, 6) is -4.90. The van der Waals surface area contributed by atoms with Gasteiger partial charge in [0.15, 0.2) is 0 Å². The number of piperidine rings is 1. The van der Waals surface area contributed by atoms with Gasteiger partial charge in [-0.3, -0.25) is 48.7 Å². The zero-order chi connectivity index (χ0) is 52.6. The summed E-state index contributed by atoms with van der Waals surface area (Å²) < 4.78 is 12.0. The lowest BCUT2D eigenvalue weighted by molar-refractivity contribution is -0.150. The van der Waals surface area contributed by atoms with E-state index in [1.54, 1.807) is 37.7 Å². The number of likely N-dealkylation sites (tertiary alicyclic amines) is 1. The van der Waals surface area contributed by atoms with Gasteiger partial charge in [0.2, 0.25) is 41.4 Å². The molecule has 4 rings (SSSR count). The first kappa shape index (κ1) is 57.6. The van der Waals surface area contributed by atoms with Gasteiger partial charge in [0, 0.05) is 40.7 Å². The third-order valence-electron chi connectivity index (χ3n) is 15.7. The molecular weight excluding hydrogens is 899 g/mol. The van der Waals surface area contributed by atoms with E-state index in [0.29, 0.717) is 38.8 Å². The fourth-order valence-electron chi connectivity index (χ4n) is 11.0. The number of benzene rings is 1. The SMILES string of the molecule is CC[C@H](C)[C@@H]([C@@H](CC(=O)N1CCC[C@H]1[C@H](OC)[C@@H](C)C(=O)N[C@@H](Cc1ccccc1)C(N)=O)OC)N(C)C(=O)[C@@H](NC(=O)[C@H](C(C)C)N(C)CCCC(=O)NNN1C(=O)C2C(C)(C)C2(C)C1=O)C(C)C. The molecule has 2 aliphatic heterocycles. The fraction of sp³-hybridized carbons (Fsp3) is 0.725. The second kappa shape index (κ2) is 24.4. The van der Waals surface area contributed by atoms with Crippen molar-refractivity contribution < 1.29 is 47.8 Å². The van der Waals surface area contributed by atoms with Gasteiger partial charge >= 0.3 is 0 Å². The van der Waals surface area contributed by atoms with Crippen LogP contribution >= 0.6 is 0 Å². The number of hydrogen-bond acceptors (Lipinski definition) is 12. The summed E-state index contributed by atoms with van der Waals surface area (Å²) in [6.45, 7) is 19.6. The number of nitrogens with zero attached hydrogens (tertiary/aromatic N) is 4. The summed E-state index contributed by atoms with van der Waals surface area (Å²) in [5, 5.41) is 6.73. The predicted molar refractivity (Wildman–Crippen MR) is 263 cm³/mol. The Morgan fingerprint density at radius 3 is 2.07 bits per heavy atom. The molecule has 19 nitrogen and oxygen atoms in total. The van der Waals surface area contributed by atoms with Crippen LogP contribution in [0.15, 0.2) is 30.3 Å². The first-order valence-electron chi connectivity index (χ1n) is 25.0. The van der Waals surface area contributed by atoms with Crippen LogP contribution in [0.3, 0.4) is 0 Å². The van der Waals surface area contributed by atoms with Gasteiger partial charge in [0.1, 0.15) is 12.1 Å². The lowest BCUT2D eigenvalue weighted by Gasteiger charge is -2.41. The molecular formula is C51H83N9O10. The largest absolute Gasteiger partial charge is 0.379 e. The highest BCUT2D eigenvalue weighted by Crippen LogP contribution is 2.72. The van der Waals surface area contributed by atoms with Crippen LogP contribution in [-0.4, -0.2) is 151 Å². The lowest BCUT2D eigenvalue weighted by atomic mass is 9.89. The van der Waals surface area contributed by atoms with Gasteiger partial charge in [-0.15, -0.1) is 5.53 Å². The van der Waals surface area contributed by atoms with E-state index in [4.69, 9.17) is 15.2 Å². The van der Waals surface area contributed by atoms with Crippen LogP contribution < -0.4 is 27.3 Å². The Kier molecular flexibility index (Phi) is 20.1. The second-order valence-electron chi connectivity index (χ2n) is 21.2. The first-order chi connectivity index (χ1) is 32.8. The number of carbonyl (C=O) groups is 8. The highest BCUT2D eigenvalue weighted by molar-refractivity contribution is 6.12. The highest BCUT2D eigenvalue weighted by atomic mass is 16.5. The van der Waals surface area contributed by atoms with Gasteiger partial charge in [-0.25, -0.2) is 0 Å². The molecule has 19 heteroatoms. The lowest BCUT2D eigenvalue weighted by Crippen LogP contribution is -2.60. The molecule has 2 heterocycles. The highest BCUT2D eigenvalue weighted by Gasteiger charge is 2.81. The maximum Gasteiger partial charge on any atom is 0.252 e. The number of nitrogens with two attached hydrogens (primary N) is 1. The van der Waals surface area contributed by atoms with Crippen LogP contribution in [0.5, 0.6) is 0 Å². The molecule has 8 amide bonds. The van der Waals surface area contributed by atoms with E-state index >= 15 is 0 Å². The third kappa shape index (κ3) is 12.5. The number of amides is 8. The molecule has 11 atom stereocenters. The molecule has 6 N–H and O–H groups in total. The molecule has 70 heavy (non-hydrogen) atoms. The number of nitrogens with one attached hydrogen (secondary N) is 4. The topological polar surface area (TPSA) is 242 Å². The summed E-state index contributed by atoms with van der Waals surface area (Å²) in [4.78, 5) is 113. The van der Waals surface area contributed by atoms with Crippen molar-refractivity contribution in [3.05, 3.63) is 35.9 Å². The molecule has 3 fully saturated rings. The Morgan fingerprint density at radius 1 is 0.900 bits per heavy atom. The molecule has 0 bridgehead atoms. The summed E-state index contributed by atoms with van der Waals surface area (Å²) in [7, 11) is 6.49. The number of ether oxygens (including phenoxy) is 2. The van der Waals surface area contributed by atoms with Crippen LogP contribution in [0.1, 0.15) is 113 Å². The van der Waals surface area contributed by atoms with Crippen LogP contribution in [0.2, 0.25) is 0 Å². The minimum Gasteiger partial charge on any atom is -0.379 e. The summed E-state index contributed by atoms with van der Waals surface area (Å²) >= 11 is 0. The smallest absolute Gasteiger partial charge is 0.252 e. The van der Waals surface area contributed by atoms with Crippen molar-refractivity contribution in [2.45, 2.75) is 157 Å². The molecule has 0 radical (unpaired) electrons. The molecule has 1 saturated carbocycles. The number of methoxy groups -OCH3 is 2. The maximum atomic E-state index is 14.6. The molecule has 392 valence electrons. The minimum atomic E-state index is -0.939. The zero-order valence-electron chi connectivity index (χ0n) is 44.1. The number of carbonyl (C=O) groups excluding carboxylic acids is 8. The Bertz CT molecular complexity index is 2040. The number of primary amides is 1. The predicted octanol–water partition coefficient (Wildman–Crippen LogP) is 2.56. The maximum absolute atomic E-state index is 14.6. The normalized spacial score (nSPS) is 23.0. The molecule has 1 aliphatic carbocycles.